The maximum atomic E-state index is 12.9. The van der Waals surface area contributed by atoms with E-state index in [4.69, 9.17) is 0 Å². The van der Waals surface area contributed by atoms with E-state index in [9.17, 15) is 14.4 Å². The molecule has 4 aromatic rings. The summed E-state index contributed by atoms with van der Waals surface area (Å²) in [7, 11) is 0. The van der Waals surface area contributed by atoms with Gasteiger partial charge in [0.2, 0.25) is 5.91 Å². The lowest BCUT2D eigenvalue weighted by Crippen LogP contribution is -2.41. The second-order valence-corrected chi connectivity index (χ2v) is 7.50. The Morgan fingerprint density at radius 1 is 0.871 bits per heavy atom. The molecule has 1 aromatic heterocycles. The maximum absolute atomic E-state index is 12.9. The van der Waals surface area contributed by atoms with Gasteiger partial charge in [0.25, 0.3) is 11.8 Å². The van der Waals surface area contributed by atoms with Crippen molar-refractivity contribution in [1.82, 2.24) is 9.88 Å². The van der Waals surface area contributed by atoms with Crippen molar-refractivity contribution in [3.05, 3.63) is 84.1 Å². The number of fused-ring (bicyclic) bond motifs is 1. The molecule has 0 radical (unpaired) electrons. The molecule has 3 amide bonds. The largest absolute Gasteiger partial charge is 0.325 e. The van der Waals surface area contributed by atoms with Crippen molar-refractivity contribution in [3.63, 3.8) is 0 Å². The summed E-state index contributed by atoms with van der Waals surface area (Å²) >= 11 is 0. The third-order valence-electron chi connectivity index (χ3n) is 5.56. The number of carbonyl (C=O) groups excluding carboxylic acids is 3. The molecule has 1 aliphatic rings. The quantitative estimate of drug-likeness (QED) is 0.496. The number of carbonyl (C=O) groups is 3. The van der Waals surface area contributed by atoms with Gasteiger partial charge in [0.05, 0.1) is 11.2 Å². The Morgan fingerprint density at radius 2 is 1.58 bits per heavy atom. The number of benzene rings is 3. The number of nitrogens with zero attached hydrogens (tertiary/aromatic N) is 2. The number of hydrogen-bond donors (Lipinski definition) is 1. The predicted molar refractivity (Wildman–Crippen MR) is 119 cm³/mol. The molecule has 0 aliphatic carbocycles. The van der Waals surface area contributed by atoms with Crippen molar-refractivity contribution in [3.8, 4) is 0 Å². The molecule has 0 saturated heterocycles. The Balaban J connectivity index is 1.28. The summed E-state index contributed by atoms with van der Waals surface area (Å²) in [5.74, 6) is -0.791. The van der Waals surface area contributed by atoms with E-state index in [1.165, 1.54) is 4.90 Å². The number of aromatic nitrogens is 1. The van der Waals surface area contributed by atoms with E-state index in [0.29, 0.717) is 28.6 Å². The van der Waals surface area contributed by atoms with Gasteiger partial charge in [-0.1, -0.05) is 30.3 Å². The zero-order chi connectivity index (χ0) is 21.4. The first-order valence-corrected chi connectivity index (χ1v) is 10.1. The van der Waals surface area contributed by atoms with Gasteiger partial charge < -0.3 is 5.32 Å². The molecular weight excluding hydrogens is 390 g/mol. The number of rotatable bonds is 5. The first kappa shape index (κ1) is 18.9. The number of nitrogens with one attached hydrogen (secondary N) is 1. The number of amides is 3. The van der Waals surface area contributed by atoms with Gasteiger partial charge in [-0.15, -0.1) is 0 Å². The minimum atomic E-state index is -0.310. The lowest BCUT2D eigenvalue weighted by molar-refractivity contribution is -0.116. The maximum Gasteiger partial charge on any atom is 0.261 e. The normalized spacial score (nSPS) is 13.1. The summed E-state index contributed by atoms with van der Waals surface area (Å²) in [5, 5.41) is 5.36. The average molecular weight is 409 g/mol. The Bertz CT molecular complexity index is 1310. The van der Waals surface area contributed by atoms with Crippen LogP contribution in [0.5, 0.6) is 0 Å². The van der Waals surface area contributed by atoms with Gasteiger partial charge in [0.15, 0.2) is 0 Å². The third-order valence-corrected chi connectivity index (χ3v) is 5.56. The molecule has 6 heteroatoms. The zero-order valence-corrected chi connectivity index (χ0v) is 16.7. The van der Waals surface area contributed by atoms with Gasteiger partial charge in [0, 0.05) is 41.1 Å². The molecule has 0 saturated carbocycles. The zero-order valence-electron chi connectivity index (χ0n) is 16.7. The van der Waals surface area contributed by atoms with Crippen molar-refractivity contribution in [2.24, 2.45) is 0 Å². The molecule has 0 atom stereocenters. The number of imide groups is 1. The summed E-state index contributed by atoms with van der Waals surface area (Å²) in [5.41, 5.74) is 2.56. The molecule has 6 nitrogen and oxygen atoms in total. The first-order chi connectivity index (χ1) is 15.1. The monoisotopic (exact) mass is 409 g/mol. The molecule has 0 bridgehead atoms. The molecule has 5 rings (SSSR count). The van der Waals surface area contributed by atoms with Crippen molar-refractivity contribution in [1.29, 1.82) is 0 Å². The summed E-state index contributed by atoms with van der Waals surface area (Å²) in [6, 6.07) is 20.2. The van der Waals surface area contributed by atoms with Crippen LogP contribution in [0.2, 0.25) is 0 Å². The first-order valence-electron chi connectivity index (χ1n) is 10.1. The fraction of sp³-hybridized carbons (Fsp3) is 0.120. The number of anilines is 1. The van der Waals surface area contributed by atoms with Crippen LogP contribution >= 0.6 is 0 Å². The van der Waals surface area contributed by atoms with E-state index in [1.54, 1.807) is 18.3 Å². The van der Waals surface area contributed by atoms with E-state index in [2.05, 4.69) is 10.3 Å². The highest BCUT2D eigenvalue weighted by Crippen LogP contribution is 2.30. The molecule has 0 fully saturated rings. The van der Waals surface area contributed by atoms with Gasteiger partial charge >= 0.3 is 0 Å². The van der Waals surface area contributed by atoms with Crippen molar-refractivity contribution >= 4 is 45.1 Å². The van der Waals surface area contributed by atoms with E-state index < -0.39 is 0 Å². The SMILES string of the molecule is O=C(CCCN1C(=O)c2cccc3cccc(c23)C1=O)Nc1cccc2ncccc12. The lowest BCUT2D eigenvalue weighted by atomic mass is 9.94. The van der Waals surface area contributed by atoms with Crippen LogP contribution in [0.1, 0.15) is 33.6 Å². The lowest BCUT2D eigenvalue weighted by Gasteiger charge is -2.27. The Kier molecular flexibility index (Phi) is 4.67. The highest BCUT2D eigenvalue weighted by atomic mass is 16.2. The molecule has 152 valence electrons. The molecule has 1 aliphatic heterocycles. The van der Waals surface area contributed by atoms with Crippen LogP contribution < -0.4 is 5.32 Å². The van der Waals surface area contributed by atoms with E-state index >= 15 is 0 Å². The second-order valence-electron chi connectivity index (χ2n) is 7.50. The van der Waals surface area contributed by atoms with Gasteiger partial charge in [-0.25, -0.2) is 0 Å². The van der Waals surface area contributed by atoms with Gasteiger partial charge in [-0.05, 0) is 48.2 Å². The standard InChI is InChI=1S/C25H19N3O3/c29-22(27-21-12-3-11-20-17(21)10-4-14-26-20)13-5-15-28-24(30)18-8-1-6-16-7-2-9-19(23(16)18)25(28)31/h1-4,6-12,14H,5,13,15H2,(H,27,29). The molecule has 1 N–H and O–H groups in total. The molecule has 3 aromatic carbocycles. The van der Waals surface area contributed by atoms with Crippen LogP contribution in [0, 0.1) is 0 Å². The average Bonchev–Trinajstić information content (AvgIpc) is 2.80. The fourth-order valence-corrected chi connectivity index (χ4v) is 4.11. The fourth-order valence-electron chi connectivity index (χ4n) is 4.11. The molecule has 2 heterocycles. The Morgan fingerprint density at radius 3 is 2.32 bits per heavy atom. The van der Waals surface area contributed by atoms with Crippen LogP contribution in [-0.2, 0) is 4.79 Å². The highest BCUT2D eigenvalue weighted by Gasteiger charge is 2.32. The summed E-state index contributed by atoms with van der Waals surface area (Å²) < 4.78 is 0. The summed E-state index contributed by atoms with van der Waals surface area (Å²) in [6.07, 6.45) is 2.28. The van der Waals surface area contributed by atoms with E-state index in [0.717, 1.165) is 16.3 Å². The molecular formula is C25H19N3O3. The minimum absolute atomic E-state index is 0.171. The van der Waals surface area contributed by atoms with Crippen LogP contribution in [0.25, 0.3) is 21.7 Å². The highest BCUT2D eigenvalue weighted by molar-refractivity contribution is 6.25. The third kappa shape index (κ3) is 3.32. The Hall–Kier alpha value is -4.06. The number of pyridine rings is 1. The summed E-state index contributed by atoms with van der Waals surface area (Å²) in [4.78, 5) is 43.9. The van der Waals surface area contributed by atoms with Crippen molar-refractivity contribution in [2.45, 2.75) is 12.8 Å². The van der Waals surface area contributed by atoms with Gasteiger partial charge in [-0.3, -0.25) is 24.3 Å². The number of hydrogen-bond acceptors (Lipinski definition) is 4. The molecule has 31 heavy (non-hydrogen) atoms. The summed E-state index contributed by atoms with van der Waals surface area (Å²) in [6.45, 7) is 0.187. The van der Waals surface area contributed by atoms with Crippen LogP contribution in [0.3, 0.4) is 0 Å². The van der Waals surface area contributed by atoms with E-state index in [-0.39, 0.29) is 30.7 Å². The van der Waals surface area contributed by atoms with Crippen LogP contribution in [0.4, 0.5) is 5.69 Å². The van der Waals surface area contributed by atoms with Crippen LogP contribution in [0.15, 0.2) is 72.9 Å². The van der Waals surface area contributed by atoms with Gasteiger partial charge in [0.1, 0.15) is 0 Å². The second kappa shape index (κ2) is 7.65. The minimum Gasteiger partial charge on any atom is -0.325 e. The molecule has 0 unspecified atom stereocenters. The predicted octanol–water partition coefficient (Wildman–Crippen LogP) is 4.40. The Labute approximate surface area is 178 Å². The molecule has 0 spiro atoms. The van der Waals surface area contributed by atoms with Crippen LogP contribution in [-0.4, -0.2) is 34.2 Å². The topological polar surface area (TPSA) is 79.4 Å². The van der Waals surface area contributed by atoms with E-state index in [1.807, 2.05) is 54.6 Å². The van der Waals surface area contributed by atoms with Crippen molar-refractivity contribution < 1.29 is 14.4 Å². The van der Waals surface area contributed by atoms with Crippen molar-refractivity contribution in [2.75, 3.05) is 11.9 Å². The smallest absolute Gasteiger partial charge is 0.261 e. The van der Waals surface area contributed by atoms with Gasteiger partial charge in [-0.2, -0.15) is 0 Å².